The Bertz CT molecular complexity index is 958. The molecule has 3 aromatic rings. The van der Waals surface area contributed by atoms with Crippen LogP contribution in [0.4, 0.5) is 11.4 Å². The molecule has 2 aromatic carbocycles. The normalized spacial score (nSPS) is 10.4. The number of rotatable bonds is 7. The van der Waals surface area contributed by atoms with Crippen molar-refractivity contribution in [3.05, 3.63) is 82.6 Å². The third kappa shape index (κ3) is 5.24. The second kappa shape index (κ2) is 9.24. The first-order valence-electron chi connectivity index (χ1n) is 8.95. The van der Waals surface area contributed by atoms with E-state index < -0.39 is 0 Å². The number of halogens is 1. The molecule has 0 atom stereocenters. The van der Waals surface area contributed by atoms with Gasteiger partial charge in [-0.1, -0.05) is 23.7 Å². The molecule has 2 N–H and O–H groups in total. The van der Waals surface area contributed by atoms with Crippen molar-refractivity contribution < 1.29 is 9.53 Å². The average molecular weight is 396 g/mol. The van der Waals surface area contributed by atoms with Crippen LogP contribution >= 0.6 is 11.6 Å². The van der Waals surface area contributed by atoms with Crippen molar-refractivity contribution in [3.63, 3.8) is 0 Å². The van der Waals surface area contributed by atoms with Gasteiger partial charge >= 0.3 is 0 Å². The minimum absolute atomic E-state index is 0.256. The summed E-state index contributed by atoms with van der Waals surface area (Å²) in [6, 6.07) is 16.9. The molecule has 1 aromatic heterocycles. The lowest BCUT2D eigenvalue weighted by Gasteiger charge is -2.10. The molecule has 3 rings (SSSR count). The van der Waals surface area contributed by atoms with E-state index in [1.165, 1.54) is 5.56 Å². The Morgan fingerprint density at radius 3 is 2.71 bits per heavy atom. The Kier molecular flexibility index (Phi) is 6.50. The number of carbonyl (C=O) groups is 1. The predicted molar refractivity (Wildman–Crippen MR) is 114 cm³/mol. The van der Waals surface area contributed by atoms with Crippen LogP contribution in [0.5, 0.6) is 5.75 Å². The molecule has 6 heteroatoms. The Labute approximate surface area is 169 Å². The Morgan fingerprint density at radius 2 is 2.00 bits per heavy atom. The van der Waals surface area contributed by atoms with Crippen molar-refractivity contribution in [2.75, 3.05) is 24.3 Å². The monoisotopic (exact) mass is 395 g/mol. The molecule has 5 nitrogen and oxygen atoms in total. The van der Waals surface area contributed by atoms with E-state index in [1.807, 2.05) is 31.2 Å². The largest absolute Gasteiger partial charge is 0.497 e. The fraction of sp³-hybridized carbons (Fsp3) is 0.182. The minimum Gasteiger partial charge on any atom is -0.497 e. The van der Waals surface area contributed by atoms with Crippen LogP contribution < -0.4 is 15.4 Å². The molecular weight excluding hydrogens is 374 g/mol. The van der Waals surface area contributed by atoms with Crippen LogP contribution in [-0.2, 0) is 6.42 Å². The van der Waals surface area contributed by atoms with Gasteiger partial charge in [0.1, 0.15) is 11.4 Å². The number of hydrogen-bond donors (Lipinski definition) is 2. The van der Waals surface area contributed by atoms with Crippen molar-refractivity contribution in [2.24, 2.45) is 0 Å². The molecule has 1 amide bonds. The number of aryl methyl sites for hydroxylation is 1. The number of nitrogens with zero attached hydrogens (tertiary/aromatic N) is 1. The molecule has 28 heavy (non-hydrogen) atoms. The molecule has 0 saturated heterocycles. The maximum absolute atomic E-state index is 12.4. The fourth-order valence-electron chi connectivity index (χ4n) is 2.77. The van der Waals surface area contributed by atoms with Gasteiger partial charge < -0.3 is 15.4 Å². The Hall–Kier alpha value is -3.05. The van der Waals surface area contributed by atoms with Crippen LogP contribution in [0.25, 0.3) is 0 Å². The van der Waals surface area contributed by atoms with Crippen LogP contribution in [0.2, 0.25) is 5.02 Å². The predicted octanol–water partition coefficient (Wildman–Crippen LogP) is 4.96. The van der Waals surface area contributed by atoms with E-state index in [0.29, 0.717) is 10.7 Å². The van der Waals surface area contributed by atoms with Gasteiger partial charge in [-0.2, -0.15) is 0 Å². The standard InChI is InChI=1S/C22H22ClN3O2/c1-15-12-17(23)6-8-20(15)26-22(27)21-9-7-18(14-25-21)24-11-10-16-4-3-5-19(13-16)28-2/h3-9,12-14,24H,10-11H2,1-2H3,(H,26,27). The lowest BCUT2D eigenvalue weighted by atomic mass is 10.1. The highest BCUT2D eigenvalue weighted by molar-refractivity contribution is 6.30. The quantitative estimate of drug-likeness (QED) is 0.593. The summed E-state index contributed by atoms with van der Waals surface area (Å²) in [7, 11) is 1.66. The summed E-state index contributed by atoms with van der Waals surface area (Å²) in [5, 5.41) is 6.81. The van der Waals surface area contributed by atoms with Crippen LogP contribution in [0.1, 0.15) is 21.6 Å². The molecule has 0 bridgehead atoms. The zero-order valence-corrected chi connectivity index (χ0v) is 16.6. The second-order valence-electron chi connectivity index (χ2n) is 6.37. The van der Waals surface area contributed by atoms with Crippen LogP contribution in [0.15, 0.2) is 60.8 Å². The molecule has 0 aliphatic heterocycles. The summed E-state index contributed by atoms with van der Waals surface area (Å²) < 4.78 is 5.24. The van der Waals surface area contributed by atoms with Crippen molar-refractivity contribution in [3.8, 4) is 5.75 Å². The maximum atomic E-state index is 12.4. The van der Waals surface area contributed by atoms with Gasteiger partial charge in [-0.3, -0.25) is 4.79 Å². The molecule has 0 aliphatic rings. The van der Waals surface area contributed by atoms with E-state index in [0.717, 1.165) is 35.7 Å². The van der Waals surface area contributed by atoms with Gasteiger partial charge in [-0.25, -0.2) is 4.98 Å². The molecule has 0 fully saturated rings. The van der Waals surface area contributed by atoms with Crippen molar-refractivity contribution >= 4 is 28.9 Å². The van der Waals surface area contributed by atoms with Gasteiger partial charge in [0.05, 0.1) is 19.0 Å². The number of anilines is 2. The smallest absolute Gasteiger partial charge is 0.274 e. The van der Waals surface area contributed by atoms with E-state index in [1.54, 1.807) is 37.6 Å². The summed E-state index contributed by atoms with van der Waals surface area (Å²) >= 11 is 5.95. The first-order valence-corrected chi connectivity index (χ1v) is 9.33. The molecule has 0 radical (unpaired) electrons. The molecule has 0 unspecified atom stereocenters. The van der Waals surface area contributed by atoms with Crippen LogP contribution in [0.3, 0.4) is 0 Å². The van der Waals surface area contributed by atoms with E-state index in [4.69, 9.17) is 16.3 Å². The molecule has 1 heterocycles. The number of ether oxygens (including phenoxy) is 1. The number of pyridine rings is 1. The minimum atomic E-state index is -0.256. The third-order valence-electron chi connectivity index (χ3n) is 4.31. The number of benzene rings is 2. The topological polar surface area (TPSA) is 63.2 Å². The zero-order valence-electron chi connectivity index (χ0n) is 15.8. The lowest BCUT2D eigenvalue weighted by Crippen LogP contribution is -2.14. The second-order valence-corrected chi connectivity index (χ2v) is 6.81. The highest BCUT2D eigenvalue weighted by atomic mass is 35.5. The number of amides is 1. The van der Waals surface area contributed by atoms with Crippen molar-refractivity contribution in [2.45, 2.75) is 13.3 Å². The van der Waals surface area contributed by atoms with Crippen LogP contribution in [-0.4, -0.2) is 24.5 Å². The van der Waals surface area contributed by atoms with Gasteiger partial charge in [-0.05, 0) is 66.9 Å². The van der Waals surface area contributed by atoms with Gasteiger partial charge in [0.15, 0.2) is 0 Å². The molecular formula is C22H22ClN3O2. The van der Waals surface area contributed by atoms with Crippen LogP contribution in [0, 0.1) is 6.92 Å². The van der Waals surface area contributed by atoms with E-state index >= 15 is 0 Å². The van der Waals surface area contributed by atoms with Gasteiger partial charge in [0, 0.05) is 17.3 Å². The number of nitrogens with one attached hydrogen (secondary N) is 2. The third-order valence-corrected chi connectivity index (χ3v) is 4.54. The fourth-order valence-corrected chi connectivity index (χ4v) is 2.99. The van der Waals surface area contributed by atoms with Gasteiger partial charge in [0.25, 0.3) is 5.91 Å². The number of aromatic nitrogens is 1. The van der Waals surface area contributed by atoms with Crippen molar-refractivity contribution in [1.82, 2.24) is 4.98 Å². The summed E-state index contributed by atoms with van der Waals surface area (Å²) in [6.07, 6.45) is 2.52. The number of carbonyl (C=O) groups excluding carboxylic acids is 1. The molecule has 0 aliphatic carbocycles. The van der Waals surface area contributed by atoms with E-state index in [-0.39, 0.29) is 5.91 Å². The highest BCUT2D eigenvalue weighted by Gasteiger charge is 2.09. The zero-order chi connectivity index (χ0) is 19.9. The summed E-state index contributed by atoms with van der Waals surface area (Å²) in [5.41, 5.74) is 4.03. The van der Waals surface area contributed by atoms with Crippen molar-refractivity contribution in [1.29, 1.82) is 0 Å². The maximum Gasteiger partial charge on any atom is 0.274 e. The first-order chi connectivity index (χ1) is 13.5. The van der Waals surface area contributed by atoms with Gasteiger partial charge in [-0.15, -0.1) is 0 Å². The number of hydrogen-bond acceptors (Lipinski definition) is 4. The van der Waals surface area contributed by atoms with E-state index in [9.17, 15) is 4.79 Å². The first kappa shape index (κ1) is 19.7. The van der Waals surface area contributed by atoms with E-state index in [2.05, 4.69) is 21.7 Å². The molecule has 0 saturated carbocycles. The Balaban J connectivity index is 1.54. The lowest BCUT2D eigenvalue weighted by molar-refractivity contribution is 0.102. The average Bonchev–Trinajstić information content (AvgIpc) is 2.71. The summed E-state index contributed by atoms with van der Waals surface area (Å²) in [6.45, 7) is 2.65. The SMILES string of the molecule is COc1cccc(CCNc2ccc(C(=O)Nc3ccc(Cl)cc3C)nc2)c1. The molecule has 144 valence electrons. The summed E-state index contributed by atoms with van der Waals surface area (Å²) in [4.78, 5) is 16.6. The van der Waals surface area contributed by atoms with Gasteiger partial charge in [0.2, 0.25) is 0 Å². The molecule has 0 spiro atoms. The highest BCUT2D eigenvalue weighted by Crippen LogP contribution is 2.20. The Morgan fingerprint density at radius 1 is 1.14 bits per heavy atom. The number of methoxy groups -OCH3 is 1. The summed E-state index contributed by atoms with van der Waals surface area (Å²) in [5.74, 6) is 0.596.